The first-order chi connectivity index (χ1) is 31.7. The molecule has 0 fully saturated rings. The van der Waals surface area contributed by atoms with Gasteiger partial charge in [0.05, 0.1) is 27.8 Å². The summed E-state index contributed by atoms with van der Waals surface area (Å²) in [4.78, 5) is 34.5. The van der Waals surface area contributed by atoms with Crippen LogP contribution in [0.5, 0.6) is 0 Å². The van der Waals surface area contributed by atoms with E-state index in [9.17, 15) is 9.90 Å². The average molecular weight is 1130 g/mol. The number of carboxylic acid groups (broad SMARTS) is 1. The van der Waals surface area contributed by atoms with Crippen molar-refractivity contribution in [3.8, 4) is 45.4 Å². The summed E-state index contributed by atoms with van der Waals surface area (Å²) in [5.41, 5.74) is 13.7. The molecule has 336 valence electrons. The number of nitrogens with zero attached hydrogens (tertiary/aromatic N) is 6. The molecule has 0 saturated heterocycles. The van der Waals surface area contributed by atoms with E-state index >= 15 is 0 Å². The van der Waals surface area contributed by atoms with Crippen LogP contribution in [0.1, 0.15) is 63.2 Å². The van der Waals surface area contributed by atoms with Crippen molar-refractivity contribution < 1.29 is 31.0 Å². The van der Waals surface area contributed by atoms with Crippen LogP contribution < -0.4 is 4.98 Å². The molecule has 0 bridgehead atoms. The van der Waals surface area contributed by atoms with Crippen LogP contribution in [-0.2, 0) is 31.9 Å². The first kappa shape index (κ1) is 45.3. The fraction of sp³-hybridized carbons (Fsp3) is 0.143. The number of hydrogen-bond donors (Lipinski definition) is 2. The van der Waals surface area contributed by atoms with E-state index in [-0.39, 0.29) is 37.6 Å². The van der Waals surface area contributed by atoms with Gasteiger partial charge in [-0.1, -0.05) is 114 Å². The topological polar surface area (TPSA) is 116 Å². The molecule has 11 heteroatoms. The standard InChI is InChI=1S/C31H26N4O2.C25H22BrN3.Pt/c1-31(2,3)20-17-19-15-16-32-27(19)23(18-20)29-34-28-22(24-12-8-13-25(33-24)30(36)37)11-7-14-26(28)35(29)21-9-5-4-6-10-21;1-25(2,3)17-14-16-12-13-27-22(16)19(15-17)24-28-23-20(26)10-7-11-21(23)29(24)18-8-5-4-6-9-18;/h4-18H,1-3H3,(H2,32,33,34,36,37);4-15,27H,1-3H3;/p-1. The fourth-order valence-electron chi connectivity index (χ4n) is 8.62. The van der Waals surface area contributed by atoms with Gasteiger partial charge >= 0.3 is 5.97 Å². The number of carboxylic acids is 1. The zero-order valence-corrected chi connectivity index (χ0v) is 41.7. The number of H-pyrrole nitrogens is 1. The first-order valence-corrected chi connectivity index (χ1v) is 22.7. The summed E-state index contributed by atoms with van der Waals surface area (Å²) in [5.74, 6) is 0.655. The van der Waals surface area contributed by atoms with Crippen molar-refractivity contribution in [1.82, 2.24) is 34.1 Å². The normalized spacial score (nSPS) is 11.8. The van der Waals surface area contributed by atoms with Gasteiger partial charge in [-0.05, 0) is 122 Å². The van der Waals surface area contributed by atoms with Crippen molar-refractivity contribution in [3.05, 3.63) is 185 Å². The van der Waals surface area contributed by atoms with Crippen LogP contribution in [0.15, 0.2) is 169 Å². The predicted molar refractivity (Wildman–Crippen MR) is 271 cm³/mol. The SMILES string of the molecule is CC(C)(C)c1cc(-c2nc3c(-c4cccc(C(=O)O)n4)cccc3n2-c2ccccc2)c2[n-]ccc2c1.CC(C)(C)c1cc(-c2nc3c(Br)cccc3n2-c2ccccc2)c2[nH]ccc2c1.[Pt]. The molecular formula is C56H47BrN7O2Pt-. The Kier molecular flexibility index (Phi) is 12.0. The van der Waals surface area contributed by atoms with Crippen LogP contribution in [0.3, 0.4) is 0 Å². The van der Waals surface area contributed by atoms with Crippen LogP contribution in [0.2, 0.25) is 0 Å². The second-order valence-electron chi connectivity index (χ2n) is 18.6. The van der Waals surface area contributed by atoms with Crippen LogP contribution in [0.4, 0.5) is 0 Å². The molecule has 6 aromatic carbocycles. The molecule has 67 heavy (non-hydrogen) atoms. The van der Waals surface area contributed by atoms with Crippen LogP contribution in [0, 0.1) is 0 Å². The Balaban J connectivity index is 0.000000170. The van der Waals surface area contributed by atoms with Gasteiger partial charge in [-0.3, -0.25) is 9.13 Å². The minimum absolute atomic E-state index is 0. The number of carbonyl (C=O) groups is 1. The molecule has 5 aromatic heterocycles. The molecule has 0 atom stereocenters. The van der Waals surface area contributed by atoms with Gasteiger partial charge in [0.15, 0.2) is 0 Å². The summed E-state index contributed by atoms with van der Waals surface area (Å²) in [6, 6.07) is 50.9. The summed E-state index contributed by atoms with van der Waals surface area (Å²) >= 11 is 3.69. The van der Waals surface area contributed by atoms with E-state index in [0.29, 0.717) is 5.69 Å². The third kappa shape index (κ3) is 8.45. The molecule has 0 saturated carbocycles. The van der Waals surface area contributed by atoms with E-state index in [0.717, 1.165) is 82.7 Å². The zero-order chi connectivity index (χ0) is 45.9. The number of hydrogen-bond acceptors (Lipinski definition) is 4. The van der Waals surface area contributed by atoms with Crippen molar-refractivity contribution >= 4 is 65.8 Å². The molecular weight excluding hydrogens is 1080 g/mol. The Morgan fingerprint density at radius 3 is 1.81 bits per heavy atom. The van der Waals surface area contributed by atoms with E-state index in [4.69, 9.17) is 15.0 Å². The molecule has 0 aliphatic carbocycles. The van der Waals surface area contributed by atoms with Crippen LogP contribution >= 0.6 is 15.9 Å². The van der Waals surface area contributed by atoms with Gasteiger partial charge < -0.3 is 15.1 Å². The Hall–Kier alpha value is -6.87. The Morgan fingerprint density at radius 1 is 0.597 bits per heavy atom. The summed E-state index contributed by atoms with van der Waals surface area (Å²) in [6.45, 7) is 13.4. The summed E-state index contributed by atoms with van der Waals surface area (Å²) in [6.07, 6.45) is 3.84. The maximum atomic E-state index is 11.6. The minimum Gasteiger partial charge on any atom is -0.663 e. The van der Waals surface area contributed by atoms with E-state index in [1.807, 2.05) is 73.1 Å². The fourth-order valence-corrected chi connectivity index (χ4v) is 9.06. The van der Waals surface area contributed by atoms with E-state index < -0.39 is 5.97 Å². The van der Waals surface area contributed by atoms with Gasteiger partial charge in [-0.25, -0.2) is 19.7 Å². The van der Waals surface area contributed by atoms with E-state index in [1.165, 1.54) is 22.6 Å². The molecule has 0 aliphatic rings. The summed E-state index contributed by atoms with van der Waals surface area (Å²) in [7, 11) is 0. The molecule has 0 spiro atoms. The number of benzene rings is 6. The van der Waals surface area contributed by atoms with E-state index in [2.05, 4.69) is 155 Å². The van der Waals surface area contributed by atoms with Crippen LogP contribution in [-0.4, -0.2) is 40.1 Å². The second-order valence-corrected chi connectivity index (χ2v) is 19.4. The van der Waals surface area contributed by atoms with Gasteiger partial charge in [-0.15, -0.1) is 5.52 Å². The van der Waals surface area contributed by atoms with Crippen molar-refractivity contribution in [1.29, 1.82) is 0 Å². The third-order valence-corrected chi connectivity index (χ3v) is 12.7. The molecule has 2 N–H and O–H groups in total. The maximum absolute atomic E-state index is 11.6. The number of rotatable bonds is 6. The smallest absolute Gasteiger partial charge is 0.354 e. The Labute approximate surface area is 411 Å². The Bertz CT molecular complexity index is 3610. The molecule has 11 aromatic rings. The van der Waals surface area contributed by atoms with E-state index in [1.54, 1.807) is 6.07 Å². The minimum atomic E-state index is -1.06. The average Bonchev–Trinajstić information content (AvgIpc) is 4.14. The number of fused-ring (bicyclic) bond motifs is 4. The number of pyridine rings is 1. The van der Waals surface area contributed by atoms with Crippen LogP contribution in [0.25, 0.3) is 89.3 Å². The summed E-state index contributed by atoms with van der Waals surface area (Å²) < 4.78 is 5.40. The number of nitrogens with one attached hydrogen (secondary N) is 1. The molecule has 0 amide bonds. The number of aromatic amines is 1. The number of imidazole rings is 2. The maximum Gasteiger partial charge on any atom is 0.354 e. The second kappa shape index (κ2) is 17.7. The number of para-hydroxylation sites is 4. The molecule has 0 radical (unpaired) electrons. The predicted octanol–water partition coefficient (Wildman–Crippen LogP) is 14.1. The summed E-state index contributed by atoms with van der Waals surface area (Å²) in [5, 5.41) is 11.8. The number of aromatic carboxylic acids is 1. The third-order valence-electron chi connectivity index (χ3n) is 12.1. The van der Waals surface area contributed by atoms with Gasteiger partial charge in [-0.2, -0.15) is 6.20 Å². The molecule has 0 unspecified atom stereocenters. The van der Waals surface area contributed by atoms with Gasteiger partial charge in [0, 0.05) is 65.2 Å². The van der Waals surface area contributed by atoms with Crippen molar-refractivity contribution in [2.75, 3.05) is 0 Å². The van der Waals surface area contributed by atoms with Crippen molar-refractivity contribution in [2.24, 2.45) is 0 Å². The first-order valence-electron chi connectivity index (χ1n) is 21.9. The molecule has 0 aliphatic heterocycles. The van der Waals surface area contributed by atoms with Gasteiger partial charge in [0.25, 0.3) is 0 Å². The van der Waals surface area contributed by atoms with Gasteiger partial charge in [0.1, 0.15) is 22.9 Å². The largest absolute Gasteiger partial charge is 0.663 e. The zero-order valence-electron chi connectivity index (χ0n) is 37.8. The van der Waals surface area contributed by atoms with Crippen molar-refractivity contribution in [3.63, 3.8) is 0 Å². The number of halogens is 1. The van der Waals surface area contributed by atoms with Crippen molar-refractivity contribution in [2.45, 2.75) is 52.4 Å². The monoisotopic (exact) mass is 1120 g/mol. The number of aromatic nitrogens is 7. The van der Waals surface area contributed by atoms with Gasteiger partial charge in [0.2, 0.25) is 0 Å². The molecule has 9 nitrogen and oxygen atoms in total. The molecule has 5 heterocycles. The Morgan fingerprint density at radius 2 is 1.16 bits per heavy atom. The quantitative estimate of drug-likeness (QED) is 0.171. The molecule has 11 rings (SSSR count).